The van der Waals surface area contributed by atoms with E-state index in [1.165, 1.54) is 12.8 Å². The lowest BCUT2D eigenvalue weighted by atomic mass is 10.0. The van der Waals surface area contributed by atoms with E-state index in [-0.39, 0.29) is 24.6 Å². The number of pyridine rings is 1. The fourth-order valence-corrected chi connectivity index (χ4v) is 4.61. The number of fused-ring (bicyclic) bond motifs is 1. The van der Waals surface area contributed by atoms with Crippen LogP contribution in [0.5, 0.6) is 0 Å². The van der Waals surface area contributed by atoms with Crippen LogP contribution in [0, 0.1) is 13.8 Å². The molecule has 2 heterocycles. The second kappa shape index (κ2) is 9.67. The highest BCUT2D eigenvalue weighted by atomic mass is 16.3. The molecule has 170 valence electrons. The molecule has 32 heavy (non-hydrogen) atoms. The van der Waals surface area contributed by atoms with E-state index in [1.807, 2.05) is 26.0 Å². The van der Waals surface area contributed by atoms with Crippen LogP contribution in [0.25, 0.3) is 10.9 Å². The van der Waals surface area contributed by atoms with Crippen molar-refractivity contribution >= 4 is 16.8 Å². The van der Waals surface area contributed by atoms with E-state index in [4.69, 9.17) is 5.11 Å². The van der Waals surface area contributed by atoms with Crippen LogP contribution < -0.4 is 16.2 Å². The molecule has 1 aliphatic rings. The summed E-state index contributed by atoms with van der Waals surface area (Å²) in [6.45, 7) is 4.96. The highest BCUT2D eigenvalue weighted by Crippen LogP contribution is 2.33. The summed E-state index contributed by atoms with van der Waals surface area (Å²) in [7, 11) is 0. The number of aryl methyl sites for hydroxylation is 2. The summed E-state index contributed by atoms with van der Waals surface area (Å²) in [6, 6.07) is 6.21. The molecule has 0 spiro atoms. The molecule has 1 aromatic carbocycles. The first-order valence-corrected chi connectivity index (χ1v) is 11.3. The maximum absolute atomic E-state index is 13.2. The predicted molar refractivity (Wildman–Crippen MR) is 124 cm³/mol. The van der Waals surface area contributed by atoms with E-state index < -0.39 is 0 Å². The van der Waals surface area contributed by atoms with Gasteiger partial charge in [0.15, 0.2) is 0 Å². The highest BCUT2D eigenvalue weighted by Gasteiger charge is 2.22. The number of amides is 1. The van der Waals surface area contributed by atoms with Crippen LogP contribution in [0.2, 0.25) is 0 Å². The van der Waals surface area contributed by atoms with Crippen molar-refractivity contribution in [3.63, 3.8) is 0 Å². The Kier molecular flexibility index (Phi) is 6.72. The van der Waals surface area contributed by atoms with Gasteiger partial charge in [0, 0.05) is 36.3 Å². The molecule has 0 radical (unpaired) electrons. The number of hydrogen-bond donors (Lipinski definition) is 4. The van der Waals surface area contributed by atoms with Gasteiger partial charge >= 0.3 is 0 Å². The number of benzene rings is 1. The molecule has 3 aromatic rings. The van der Waals surface area contributed by atoms with Crippen molar-refractivity contribution < 1.29 is 9.90 Å². The number of H-pyrrole nitrogens is 1. The number of rotatable bonds is 8. The standard InChI is InChI=1S/C24H31N5O3/c1-15-9-16(2)28-24(32)20(15)13-26-23(31)19-10-17(12-25-7-8-30)11-22-21(19)14-27-29(22)18-5-3-4-6-18/h9-11,14,18,25,30H,3-8,12-13H2,1-2H3,(H,26,31)(H,28,32). The van der Waals surface area contributed by atoms with Gasteiger partial charge in [-0.2, -0.15) is 5.10 Å². The first-order chi connectivity index (χ1) is 15.5. The minimum absolute atomic E-state index is 0.0556. The lowest BCUT2D eigenvalue weighted by Crippen LogP contribution is -2.28. The van der Waals surface area contributed by atoms with E-state index in [1.54, 1.807) is 6.20 Å². The van der Waals surface area contributed by atoms with Gasteiger partial charge in [0.05, 0.1) is 29.9 Å². The fraction of sp³-hybridized carbons (Fsp3) is 0.458. The molecule has 8 heteroatoms. The molecule has 4 rings (SSSR count). The van der Waals surface area contributed by atoms with E-state index >= 15 is 0 Å². The average Bonchev–Trinajstić information content (AvgIpc) is 3.42. The fourth-order valence-electron chi connectivity index (χ4n) is 4.61. The average molecular weight is 438 g/mol. The predicted octanol–water partition coefficient (Wildman–Crippen LogP) is 2.47. The molecule has 1 fully saturated rings. The minimum Gasteiger partial charge on any atom is -0.395 e. The second-order valence-electron chi connectivity index (χ2n) is 8.63. The summed E-state index contributed by atoms with van der Waals surface area (Å²) in [5.41, 5.74) is 4.50. The van der Waals surface area contributed by atoms with Gasteiger partial charge in [-0.15, -0.1) is 0 Å². The van der Waals surface area contributed by atoms with Crippen LogP contribution in [0.15, 0.2) is 29.2 Å². The molecule has 0 saturated heterocycles. The molecule has 0 aliphatic heterocycles. The largest absolute Gasteiger partial charge is 0.395 e. The number of carbonyl (C=O) groups is 1. The van der Waals surface area contributed by atoms with Crippen molar-refractivity contribution in [2.24, 2.45) is 0 Å². The van der Waals surface area contributed by atoms with Crippen LogP contribution in [0.3, 0.4) is 0 Å². The Morgan fingerprint density at radius 1 is 1.22 bits per heavy atom. The number of carbonyl (C=O) groups excluding carboxylic acids is 1. The Morgan fingerprint density at radius 2 is 2.00 bits per heavy atom. The molecule has 1 saturated carbocycles. The molecule has 0 unspecified atom stereocenters. The number of aromatic amines is 1. The zero-order valence-corrected chi connectivity index (χ0v) is 18.7. The third kappa shape index (κ3) is 4.61. The van der Waals surface area contributed by atoms with Gasteiger partial charge in [-0.3, -0.25) is 14.3 Å². The Bertz CT molecular complexity index is 1170. The number of aliphatic hydroxyl groups excluding tert-OH is 1. The van der Waals surface area contributed by atoms with E-state index in [0.717, 1.165) is 40.6 Å². The van der Waals surface area contributed by atoms with Gasteiger partial charge in [0.1, 0.15) is 0 Å². The summed E-state index contributed by atoms with van der Waals surface area (Å²) >= 11 is 0. The van der Waals surface area contributed by atoms with Crippen LogP contribution >= 0.6 is 0 Å². The van der Waals surface area contributed by atoms with Crippen molar-refractivity contribution in [2.45, 2.75) is 58.7 Å². The van der Waals surface area contributed by atoms with Gasteiger partial charge in [-0.1, -0.05) is 12.8 Å². The van der Waals surface area contributed by atoms with Gasteiger partial charge in [-0.25, -0.2) is 0 Å². The zero-order valence-electron chi connectivity index (χ0n) is 18.7. The smallest absolute Gasteiger partial charge is 0.253 e. The first-order valence-electron chi connectivity index (χ1n) is 11.3. The molecule has 0 atom stereocenters. The lowest BCUT2D eigenvalue weighted by molar-refractivity contribution is 0.0952. The molecule has 1 amide bonds. The van der Waals surface area contributed by atoms with Crippen LogP contribution in [0.4, 0.5) is 0 Å². The van der Waals surface area contributed by atoms with Crippen molar-refractivity contribution in [3.05, 3.63) is 62.7 Å². The number of aromatic nitrogens is 3. The second-order valence-corrected chi connectivity index (χ2v) is 8.63. The molecule has 0 bridgehead atoms. The number of nitrogens with zero attached hydrogens (tertiary/aromatic N) is 2. The third-order valence-electron chi connectivity index (χ3n) is 6.23. The molecular weight excluding hydrogens is 406 g/mol. The normalized spacial score (nSPS) is 14.3. The Morgan fingerprint density at radius 3 is 2.72 bits per heavy atom. The number of nitrogens with one attached hydrogen (secondary N) is 3. The summed E-state index contributed by atoms with van der Waals surface area (Å²) in [5, 5.41) is 20.6. The van der Waals surface area contributed by atoms with Gasteiger partial charge in [0.2, 0.25) is 0 Å². The highest BCUT2D eigenvalue weighted by molar-refractivity contribution is 6.06. The zero-order chi connectivity index (χ0) is 22.7. The minimum atomic E-state index is -0.232. The first kappa shape index (κ1) is 22.2. The van der Waals surface area contributed by atoms with E-state index in [2.05, 4.69) is 31.5 Å². The van der Waals surface area contributed by atoms with Crippen molar-refractivity contribution in [1.82, 2.24) is 25.4 Å². The van der Waals surface area contributed by atoms with Crippen molar-refractivity contribution in [3.8, 4) is 0 Å². The molecular formula is C24H31N5O3. The summed E-state index contributed by atoms with van der Waals surface area (Å²) in [5.74, 6) is -0.232. The quantitative estimate of drug-likeness (QED) is 0.405. The Hall–Kier alpha value is -2.97. The number of hydrogen-bond acceptors (Lipinski definition) is 5. The Labute approximate surface area is 187 Å². The topological polar surface area (TPSA) is 112 Å². The maximum atomic E-state index is 13.2. The Balaban J connectivity index is 1.65. The lowest BCUT2D eigenvalue weighted by Gasteiger charge is -2.14. The van der Waals surface area contributed by atoms with Gasteiger partial charge < -0.3 is 20.7 Å². The SMILES string of the molecule is Cc1cc(C)c(CNC(=O)c2cc(CNCCO)cc3c2cnn3C2CCCC2)c(=O)[nH]1. The molecule has 1 aliphatic carbocycles. The monoisotopic (exact) mass is 437 g/mol. The van der Waals surface area contributed by atoms with Gasteiger partial charge in [-0.05, 0) is 56.0 Å². The third-order valence-corrected chi connectivity index (χ3v) is 6.23. The van der Waals surface area contributed by atoms with E-state index in [9.17, 15) is 9.59 Å². The molecule has 8 nitrogen and oxygen atoms in total. The number of aliphatic hydroxyl groups is 1. The van der Waals surface area contributed by atoms with Crippen molar-refractivity contribution in [1.29, 1.82) is 0 Å². The maximum Gasteiger partial charge on any atom is 0.253 e. The van der Waals surface area contributed by atoms with E-state index in [0.29, 0.717) is 30.3 Å². The summed E-state index contributed by atoms with van der Waals surface area (Å²) < 4.78 is 2.06. The molecule has 4 N–H and O–H groups in total. The van der Waals surface area contributed by atoms with Crippen LogP contribution in [0.1, 0.15) is 64.5 Å². The van der Waals surface area contributed by atoms with Crippen LogP contribution in [-0.2, 0) is 13.1 Å². The van der Waals surface area contributed by atoms with Crippen molar-refractivity contribution in [2.75, 3.05) is 13.2 Å². The summed E-state index contributed by atoms with van der Waals surface area (Å²) in [6.07, 6.45) is 6.36. The van der Waals surface area contributed by atoms with Gasteiger partial charge in [0.25, 0.3) is 11.5 Å². The summed E-state index contributed by atoms with van der Waals surface area (Å²) in [4.78, 5) is 28.3. The molecule has 2 aromatic heterocycles. The van der Waals surface area contributed by atoms with Crippen LogP contribution in [-0.4, -0.2) is 38.9 Å².